The Morgan fingerprint density at radius 2 is 0.800 bits per heavy atom. The fraction of sp³-hybridized carbons (Fsp3) is 1.00. The summed E-state index contributed by atoms with van der Waals surface area (Å²) in [4.78, 5) is -2.06. The van der Waals surface area contributed by atoms with Gasteiger partial charge >= 0.3 is 51.4 Å². The zero-order chi connectivity index (χ0) is 21.8. The van der Waals surface area contributed by atoms with Crippen molar-refractivity contribution in [2.45, 2.75) is 154 Å². The monoisotopic (exact) mass is 472 g/mol. The topological polar surface area (TPSA) is 77.4 Å². The van der Waals surface area contributed by atoms with Crippen molar-refractivity contribution in [3.05, 3.63) is 0 Å². The van der Waals surface area contributed by atoms with Crippen molar-refractivity contribution in [1.82, 2.24) is 0 Å². The normalized spacial score (nSPS) is 13.7. The number of rotatable bonds is 22. The van der Waals surface area contributed by atoms with Crippen molar-refractivity contribution < 1.29 is 69.5 Å². The first-order valence-corrected chi connectivity index (χ1v) is 14.0. The van der Waals surface area contributed by atoms with Gasteiger partial charge in [-0.3, -0.25) is 0 Å². The van der Waals surface area contributed by atoms with E-state index in [1.807, 2.05) is 0 Å². The first-order chi connectivity index (χ1) is 13.9. The Kier molecular flexibility index (Phi) is 25.0. The maximum atomic E-state index is 11.6. The molecule has 0 rings (SSSR count). The summed E-state index contributed by atoms with van der Waals surface area (Å²) < 4.78 is 34.8. The van der Waals surface area contributed by atoms with Gasteiger partial charge in [-0.1, -0.05) is 123 Å². The van der Waals surface area contributed by atoms with Gasteiger partial charge in [-0.05, 0) is 25.7 Å². The molecule has 0 radical (unpaired) electrons. The van der Waals surface area contributed by atoms with Crippen molar-refractivity contribution in [2.24, 2.45) is 0 Å². The van der Waals surface area contributed by atoms with E-state index >= 15 is 0 Å². The summed E-state index contributed by atoms with van der Waals surface area (Å²) in [5, 5.41) is 10.5. The van der Waals surface area contributed by atoms with Gasteiger partial charge in [-0.15, -0.1) is 0 Å². The molecule has 1 atom stereocenters. The second-order valence-electron chi connectivity index (χ2n) is 8.91. The van der Waals surface area contributed by atoms with Crippen LogP contribution in [0.25, 0.3) is 0 Å². The van der Waals surface area contributed by atoms with Crippen LogP contribution in [-0.2, 0) is 10.1 Å². The van der Waals surface area contributed by atoms with Gasteiger partial charge in [-0.25, -0.2) is 8.42 Å². The first kappa shape index (κ1) is 33.7. The van der Waals surface area contributed by atoms with E-state index in [2.05, 4.69) is 13.8 Å². The zero-order valence-corrected chi connectivity index (χ0v) is 24.4. The maximum absolute atomic E-state index is 11.6. The molecular formula is C24H49KO4S. The number of hydrogen-bond donors (Lipinski definition) is 1. The number of unbranched alkanes of at least 4 members (excludes halogenated alkanes) is 17. The standard InChI is InChI=1S/C24H50O4S.K/c1-3-5-7-9-11-13-14-15-17-19-21-23-24(25,29(26,27)28)22-20-18-16-12-10-8-6-4-2;/h25H,3-23H2,1-2H3,(H,26,27,28);/q;+1/p-1. The van der Waals surface area contributed by atoms with Gasteiger partial charge in [-0.2, -0.15) is 0 Å². The fourth-order valence-corrected chi connectivity index (χ4v) is 4.76. The molecule has 0 aliphatic heterocycles. The summed E-state index contributed by atoms with van der Waals surface area (Å²) in [6, 6.07) is 0. The molecule has 0 aliphatic rings. The third-order valence-corrected chi connectivity index (χ3v) is 7.40. The molecule has 1 unspecified atom stereocenters. The van der Waals surface area contributed by atoms with Gasteiger partial charge in [0, 0.05) is 0 Å². The molecule has 0 aromatic carbocycles. The van der Waals surface area contributed by atoms with E-state index in [-0.39, 0.29) is 64.2 Å². The summed E-state index contributed by atoms with van der Waals surface area (Å²) in [5.74, 6) is 0. The Morgan fingerprint density at radius 3 is 1.03 bits per heavy atom. The van der Waals surface area contributed by atoms with Crippen LogP contribution in [-0.4, -0.2) is 23.0 Å². The molecule has 0 heterocycles. The minimum atomic E-state index is -4.68. The Morgan fingerprint density at radius 1 is 0.567 bits per heavy atom. The van der Waals surface area contributed by atoms with Crippen LogP contribution in [0.2, 0.25) is 0 Å². The van der Waals surface area contributed by atoms with E-state index in [0.717, 1.165) is 38.5 Å². The van der Waals surface area contributed by atoms with Crippen LogP contribution in [0, 0.1) is 0 Å². The molecule has 4 nitrogen and oxygen atoms in total. The molecule has 0 saturated heterocycles. The van der Waals surface area contributed by atoms with Crippen LogP contribution in [0.1, 0.15) is 149 Å². The molecule has 6 heteroatoms. The molecule has 0 saturated carbocycles. The smallest absolute Gasteiger partial charge is 0.746 e. The molecule has 176 valence electrons. The van der Waals surface area contributed by atoms with Gasteiger partial charge in [0.05, 0.1) is 0 Å². The molecule has 0 fully saturated rings. The van der Waals surface area contributed by atoms with Gasteiger partial charge in [0.15, 0.2) is 4.93 Å². The molecule has 1 N–H and O–H groups in total. The molecule has 0 amide bonds. The summed E-state index contributed by atoms with van der Waals surface area (Å²) in [6.45, 7) is 4.43. The quantitative estimate of drug-likeness (QED) is 0.143. The second-order valence-corrected chi connectivity index (χ2v) is 10.6. The van der Waals surface area contributed by atoms with Crippen LogP contribution in [0.5, 0.6) is 0 Å². The molecule has 0 aromatic rings. The van der Waals surface area contributed by atoms with Crippen LogP contribution in [0.15, 0.2) is 0 Å². The average molecular weight is 473 g/mol. The molecule has 30 heavy (non-hydrogen) atoms. The number of aliphatic hydroxyl groups is 1. The molecular weight excluding hydrogens is 423 g/mol. The summed E-state index contributed by atoms with van der Waals surface area (Å²) in [7, 11) is -4.68. The predicted molar refractivity (Wildman–Crippen MR) is 123 cm³/mol. The summed E-state index contributed by atoms with van der Waals surface area (Å²) in [5.41, 5.74) is 0. The zero-order valence-electron chi connectivity index (χ0n) is 20.4. The first-order valence-electron chi connectivity index (χ1n) is 12.5. The minimum absolute atomic E-state index is 0. The molecule has 0 aromatic heterocycles. The van der Waals surface area contributed by atoms with Crippen molar-refractivity contribution in [3.63, 3.8) is 0 Å². The Labute approximate surface area is 230 Å². The Bertz CT molecular complexity index is 456. The van der Waals surface area contributed by atoms with Gasteiger partial charge < -0.3 is 9.66 Å². The van der Waals surface area contributed by atoms with Crippen LogP contribution in [0.4, 0.5) is 0 Å². The molecule has 0 aliphatic carbocycles. The van der Waals surface area contributed by atoms with Gasteiger partial charge in [0.2, 0.25) is 0 Å². The third kappa shape index (κ3) is 19.0. The van der Waals surface area contributed by atoms with E-state index < -0.39 is 15.1 Å². The van der Waals surface area contributed by atoms with E-state index in [1.165, 1.54) is 70.6 Å². The fourth-order valence-electron chi connectivity index (χ4n) is 3.98. The summed E-state index contributed by atoms with van der Waals surface area (Å²) in [6.07, 6.45) is 21.7. The van der Waals surface area contributed by atoms with Gasteiger partial charge in [0.25, 0.3) is 0 Å². The van der Waals surface area contributed by atoms with E-state index in [1.54, 1.807) is 0 Å². The number of hydrogen-bond acceptors (Lipinski definition) is 4. The Hall–Kier alpha value is 1.51. The van der Waals surface area contributed by atoms with Crippen LogP contribution >= 0.6 is 0 Å². The van der Waals surface area contributed by atoms with E-state index in [9.17, 15) is 18.1 Å². The van der Waals surface area contributed by atoms with Crippen LogP contribution in [0.3, 0.4) is 0 Å². The van der Waals surface area contributed by atoms with Crippen molar-refractivity contribution >= 4 is 10.1 Å². The second kappa shape index (κ2) is 22.3. The van der Waals surface area contributed by atoms with E-state index in [0.29, 0.717) is 12.8 Å². The third-order valence-electron chi connectivity index (χ3n) is 6.06. The minimum Gasteiger partial charge on any atom is -0.746 e. The Balaban J connectivity index is 0. The predicted octanol–water partition coefficient (Wildman–Crippen LogP) is 4.46. The maximum Gasteiger partial charge on any atom is 1.00 e. The largest absolute Gasteiger partial charge is 1.00 e. The SMILES string of the molecule is CCCCCCCCCCCCCC(O)(CCCCCCCCCC)S(=O)(=O)[O-].[K+]. The molecule has 0 spiro atoms. The van der Waals surface area contributed by atoms with Crippen molar-refractivity contribution in [3.8, 4) is 0 Å². The van der Waals surface area contributed by atoms with E-state index in [4.69, 9.17) is 0 Å². The average Bonchev–Trinajstić information content (AvgIpc) is 2.67. The van der Waals surface area contributed by atoms with Gasteiger partial charge in [0.1, 0.15) is 10.1 Å². The summed E-state index contributed by atoms with van der Waals surface area (Å²) >= 11 is 0. The van der Waals surface area contributed by atoms with Crippen molar-refractivity contribution in [1.29, 1.82) is 0 Å². The van der Waals surface area contributed by atoms with Crippen molar-refractivity contribution in [2.75, 3.05) is 0 Å². The molecule has 0 bridgehead atoms. The van der Waals surface area contributed by atoms with Crippen LogP contribution < -0.4 is 51.4 Å².